The summed E-state index contributed by atoms with van der Waals surface area (Å²) in [5.41, 5.74) is 3.53. The average molecular weight is 344 g/mol. The van der Waals surface area contributed by atoms with Gasteiger partial charge in [0.05, 0.1) is 6.61 Å². The molecule has 0 aliphatic carbocycles. The molecule has 1 aromatic carbocycles. The van der Waals surface area contributed by atoms with Gasteiger partial charge < -0.3 is 10.1 Å². The minimum Gasteiger partial charge on any atom is -0.465 e. The number of hydrogen-bond acceptors (Lipinski definition) is 4. The predicted octanol–water partition coefficient (Wildman–Crippen LogP) is 3.94. The largest absolute Gasteiger partial charge is 0.465 e. The van der Waals surface area contributed by atoms with Gasteiger partial charge in [0, 0.05) is 16.3 Å². The van der Waals surface area contributed by atoms with Crippen molar-refractivity contribution in [1.29, 1.82) is 0 Å². The van der Waals surface area contributed by atoms with Crippen LogP contribution >= 0.6 is 11.6 Å². The van der Waals surface area contributed by atoms with Crippen LogP contribution in [0.1, 0.15) is 12.6 Å². The molecule has 2 heterocycles. The number of imidazole rings is 1. The van der Waals surface area contributed by atoms with Gasteiger partial charge in [-0.25, -0.2) is 4.98 Å². The summed E-state index contributed by atoms with van der Waals surface area (Å²) in [6, 6.07) is 13.4. The second kappa shape index (κ2) is 6.93. The van der Waals surface area contributed by atoms with Gasteiger partial charge >= 0.3 is 5.97 Å². The molecule has 0 amide bonds. The number of aromatic nitrogens is 2. The number of halogens is 1. The van der Waals surface area contributed by atoms with Crippen LogP contribution in [0.25, 0.3) is 16.9 Å². The molecule has 0 atom stereocenters. The van der Waals surface area contributed by atoms with Crippen LogP contribution in [-0.4, -0.2) is 28.5 Å². The Morgan fingerprint density at radius 1 is 1.25 bits per heavy atom. The molecule has 24 heavy (non-hydrogen) atoms. The molecule has 3 aromatic rings. The van der Waals surface area contributed by atoms with Gasteiger partial charge in [0.15, 0.2) is 0 Å². The first kappa shape index (κ1) is 16.3. The summed E-state index contributed by atoms with van der Waals surface area (Å²) in [6.45, 7) is 4.22. The van der Waals surface area contributed by atoms with Gasteiger partial charge in [-0.3, -0.25) is 9.20 Å². The van der Waals surface area contributed by atoms with Crippen molar-refractivity contribution < 1.29 is 9.53 Å². The zero-order chi connectivity index (χ0) is 17.1. The molecule has 124 valence electrons. The molecular weight excluding hydrogens is 326 g/mol. The Kier molecular flexibility index (Phi) is 4.71. The van der Waals surface area contributed by atoms with Crippen molar-refractivity contribution in [3.05, 3.63) is 53.2 Å². The molecule has 0 aliphatic heterocycles. The van der Waals surface area contributed by atoms with Gasteiger partial charge in [0.25, 0.3) is 0 Å². The standard InChI is InChI=1S/C18H18ClN3O2/c1-3-24-16(23)11-20-18-17(13-7-9-14(19)10-8-13)21-15-6-4-5-12(2)22(15)18/h4-10,20H,3,11H2,1-2H3. The lowest BCUT2D eigenvalue weighted by atomic mass is 10.1. The van der Waals surface area contributed by atoms with Crippen molar-refractivity contribution in [2.75, 3.05) is 18.5 Å². The zero-order valence-corrected chi connectivity index (χ0v) is 14.3. The van der Waals surface area contributed by atoms with Crippen molar-refractivity contribution in [3.63, 3.8) is 0 Å². The molecule has 3 rings (SSSR count). The third kappa shape index (κ3) is 3.21. The summed E-state index contributed by atoms with van der Waals surface area (Å²) in [6.07, 6.45) is 0. The Labute approximate surface area is 145 Å². The average Bonchev–Trinajstić information content (AvgIpc) is 2.94. The number of benzene rings is 1. The van der Waals surface area contributed by atoms with Gasteiger partial charge in [-0.1, -0.05) is 29.8 Å². The minimum absolute atomic E-state index is 0.0799. The van der Waals surface area contributed by atoms with E-state index in [4.69, 9.17) is 21.3 Å². The van der Waals surface area contributed by atoms with E-state index in [0.29, 0.717) is 11.6 Å². The number of anilines is 1. The lowest BCUT2D eigenvalue weighted by Gasteiger charge is -2.10. The van der Waals surface area contributed by atoms with E-state index in [1.807, 2.05) is 53.8 Å². The maximum absolute atomic E-state index is 11.7. The number of rotatable bonds is 5. The highest BCUT2D eigenvalue weighted by Crippen LogP contribution is 2.30. The summed E-state index contributed by atoms with van der Waals surface area (Å²) >= 11 is 5.98. The number of esters is 1. The number of carbonyl (C=O) groups is 1. The molecule has 6 heteroatoms. The zero-order valence-electron chi connectivity index (χ0n) is 13.5. The van der Waals surface area contributed by atoms with Crippen LogP contribution in [0.2, 0.25) is 5.02 Å². The third-order valence-corrected chi connectivity index (χ3v) is 3.91. The number of aryl methyl sites for hydroxylation is 1. The normalized spacial score (nSPS) is 10.8. The van der Waals surface area contributed by atoms with Crippen LogP contribution in [0, 0.1) is 6.92 Å². The highest BCUT2D eigenvalue weighted by Gasteiger charge is 2.16. The molecule has 2 aromatic heterocycles. The fourth-order valence-corrected chi connectivity index (χ4v) is 2.72. The van der Waals surface area contributed by atoms with E-state index in [1.165, 1.54) is 0 Å². The minimum atomic E-state index is -0.303. The summed E-state index contributed by atoms with van der Waals surface area (Å²) in [5, 5.41) is 3.83. The summed E-state index contributed by atoms with van der Waals surface area (Å²) in [5.74, 6) is 0.460. The molecular formula is C18H18ClN3O2. The van der Waals surface area contributed by atoms with E-state index in [-0.39, 0.29) is 12.5 Å². The van der Waals surface area contributed by atoms with Crippen LogP contribution in [0.5, 0.6) is 0 Å². The summed E-state index contributed by atoms with van der Waals surface area (Å²) < 4.78 is 6.98. The Balaban J connectivity index is 2.07. The SMILES string of the molecule is CCOC(=O)CNc1c(-c2ccc(Cl)cc2)nc2cccc(C)n12. The number of ether oxygens (including phenoxy) is 1. The van der Waals surface area contributed by atoms with Crippen molar-refractivity contribution in [2.45, 2.75) is 13.8 Å². The van der Waals surface area contributed by atoms with Gasteiger partial charge in [0.2, 0.25) is 0 Å². The van der Waals surface area contributed by atoms with E-state index in [0.717, 1.165) is 28.4 Å². The molecule has 0 saturated carbocycles. The van der Waals surface area contributed by atoms with Crippen molar-refractivity contribution >= 4 is 29.0 Å². The topological polar surface area (TPSA) is 55.6 Å². The molecule has 5 nitrogen and oxygen atoms in total. The Morgan fingerprint density at radius 3 is 2.71 bits per heavy atom. The third-order valence-electron chi connectivity index (χ3n) is 3.66. The van der Waals surface area contributed by atoms with E-state index in [2.05, 4.69) is 5.32 Å². The first-order valence-corrected chi connectivity index (χ1v) is 8.11. The number of carbonyl (C=O) groups excluding carboxylic acids is 1. The lowest BCUT2D eigenvalue weighted by molar-refractivity contribution is -0.140. The molecule has 0 saturated heterocycles. The van der Waals surface area contributed by atoms with Crippen molar-refractivity contribution in [1.82, 2.24) is 9.38 Å². The first-order valence-electron chi connectivity index (χ1n) is 7.73. The van der Waals surface area contributed by atoms with Crippen LogP contribution < -0.4 is 5.32 Å². The van der Waals surface area contributed by atoms with Crippen LogP contribution in [0.3, 0.4) is 0 Å². The van der Waals surface area contributed by atoms with E-state index in [9.17, 15) is 4.79 Å². The molecule has 0 spiro atoms. The van der Waals surface area contributed by atoms with E-state index < -0.39 is 0 Å². The molecule has 1 N–H and O–H groups in total. The molecule has 0 bridgehead atoms. The molecule has 0 unspecified atom stereocenters. The second-order valence-corrected chi connectivity index (χ2v) is 5.77. The van der Waals surface area contributed by atoms with E-state index in [1.54, 1.807) is 6.92 Å². The maximum atomic E-state index is 11.7. The summed E-state index contributed by atoms with van der Waals surface area (Å²) in [7, 11) is 0. The number of fused-ring (bicyclic) bond motifs is 1. The summed E-state index contributed by atoms with van der Waals surface area (Å²) in [4.78, 5) is 16.4. The van der Waals surface area contributed by atoms with E-state index >= 15 is 0 Å². The molecule has 0 radical (unpaired) electrons. The number of nitrogens with one attached hydrogen (secondary N) is 1. The highest BCUT2D eigenvalue weighted by atomic mass is 35.5. The Morgan fingerprint density at radius 2 is 2.00 bits per heavy atom. The quantitative estimate of drug-likeness (QED) is 0.713. The number of pyridine rings is 1. The molecule has 0 aliphatic rings. The molecule has 0 fully saturated rings. The number of nitrogens with zero attached hydrogens (tertiary/aromatic N) is 2. The monoisotopic (exact) mass is 343 g/mol. The highest BCUT2D eigenvalue weighted by molar-refractivity contribution is 6.30. The predicted molar refractivity (Wildman–Crippen MR) is 95.5 cm³/mol. The first-order chi connectivity index (χ1) is 11.6. The Hall–Kier alpha value is -2.53. The number of hydrogen-bond donors (Lipinski definition) is 1. The van der Waals surface area contributed by atoms with Gasteiger partial charge in [-0.15, -0.1) is 0 Å². The fraction of sp³-hybridized carbons (Fsp3) is 0.222. The fourth-order valence-electron chi connectivity index (χ4n) is 2.59. The van der Waals surface area contributed by atoms with Gasteiger partial charge in [-0.05, 0) is 38.1 Å². The van der Waals surface area contributed by atoms with Crippen molar-refractivity contribution in [3.8, 4) is 11.3 Å². The Bertz CT molecular complexity index is 872. The maximum Gasteiger partial charge on any atom is 0.325 e. The van der Waals surface area contributed by atoms with Crippen molar-refractivity contribution in [2.24, 2.45) is 0 Å². The second-order valence-electron chi connectivity index (χ2n) is 5.34. The lowest BCUT2D eigenvalue weighted by Crippen LogP contribution is -2.18. The van der Waals surface area contributed by atoms with Crippen LogP contribution in [0.4, 0.5) is 5.82 Å². The van der Waals surface area contributed by atoms with Crippen LogP contribution in [0.15, 0.2) is 42.5 Å². The van der Waals surface area contributed by atoms with Gasteiger partial charge in [0.1, 0.15) is 23.7 Å². The van der Waals surface area contributed by atoms with Crippen LogP contribution in [-0.2, 0) is 9.53 Å². The smallest absolute Gasteiger partial charge is 0.325 e. The van der Waals surface area contributed by atoms with Gasteiger partial charge in [-0.2, -0.15) is 0 Å².